The van der Waals surface area contributed by atoms with Crippen molar-refractivity contribution in [2.45, 2.75) is 135 Å². The van der Waals surface area contributed by atoms with Crippen molar-refractivity contribution >= 4 is 15.9 Å². The SMILES string of the molecule is CCCCCCCCCCCCCCCCOc1ccc(-c2ccc(-c3ccc(OCCCCCCCCBr)cc3)cc2)cc1. The number of hydrogen-bond donors (Lipinski definition) is 0. The molecule has 0 heterocycles. The fourth-order valence-electron chi connectivity index (χ4n) is 5.92. The van der Waals surface area contributed by atoms with Gasteiger partial charge in [0.05, 0.1) is 13.2 Å². The van der Waals surface area contributed by atoms with E-state index in [0.717, 1.165) is 42.9 Å². The van der Waals surface area contributed by atoms with E-state index >= 15 is 0 Å². The van der Waals surface area contributed by atoms with E-state index in [1.54, 1.807) is 0 Å². The molecule has 0 aliphatic carbocycles. The fourth-order valence-corrected chi connectivity index (χ4v) is 6.32. The maximum atomic E-state index is 6.03. The van der Waals surface area contributed by atoms with E-state index in [0.29, 0.717) is 0 Å². The molecule has 0 saturated heterocycles. The Bertz CT molecular complexity index is 1090. The first-order chi connectivity index (χ1) is 22.3. The third kappa shape index (κ3) is 16.7. The molecule has 3 heteroatoms. The number of rotatable bonds is 27. The minimum absolute atomic E-state index is 0.801. The molecule has 0 saturated carbocycles. The second-order valence-corrected chi connectivity index (χ2v) is 13.5. The summed E-state index contributed by atoms with van der Waals surface area (Å²) in [6.07, 6.45) is 27.0. The van der Waals surface area contributed by atoms with E-state index in [1.807, 2.05) is 0 Å². The van der Waals surface area contributed by atoms with Gasteiger partial charge in [-0.15, -0.1) is 0 Å². The lowest BCUT2D eigenvalue weighted by Gasteiger charge is -2.09. The Labute approximate surface area is 284 Å². The van der Waals surface area contributed by atoms with Gasteiger partial charge in [-0.05, 0) is 65.8 Å². The van der Waals surface area contributed by atoms with Crippen LogP contribution in [0.1, 0.15) is 135 Å². The van der Waals surface area contributed by atoms with Crippen molar-refractivity contribution in [2.75, 3.05) is 18.5 Å². The monoisotopic (exact) mass is 676 g/mol. The highest BCUT2D eigenvalue weighted by Gasteiger charge is 2.03. The third-order valence-corrected chi connectivity index (χ3v) is 9.38. The summed E-state index contributed by atoms with van der Waals surface area (Å²) in [6.45, 7) is 3.91. The Kier molecular flexibility index (Phi) is 20.6. The predicted octanol–water partition coefficient (Wildman–Crippen LogP) is 14.0. The van der Waals surface area contributed by atoms with Crippen LogP contribution in [0.4, 0.5) is 0 Å². The molecule has 0 spiro atoms. The average Bonchev–Trinajstić information content (AvgIpc) is 3.08. The van der Waals surface area contributed by atoms with Crippen LogP contribution in [0.2, 0.25) is 0 Å². The molecule has 0 unspecified atom stereocenters. The summed E-state index contributed by atoms with van der Waals surface area (Å²) in [5.41, 5.74) is 4.89. The molecule has 45 heavy (non-hydrogen) atoms. The summed E-state index contributed by atoms with van der Waals surface area (Å²) in [6, 6.07) is 25.9. The molecule has 0 N–H and O–H groups in total. The first-order valence-electron chi connectivity index (χ1n) is 18.4. The quantitative estimate of drug-likeness (QED) is 0.0591. The Morgan fingerprint density at radius 3 is 0.933 bits per heavy atom. The van der Waals surface area contributed by atoms with Gasteiger partial charge in [0.25, 0.3) is 0 Å². The van der Waals surface area contributed by atoms with Gasteiger partial charge in [-0.2, -0.15) is 0 Å². The maximum Gasteiger partial charge on any atom is 0.119 e. The Morgan fingerprint density at radius 2 is 0.622 bits per heavy atom. The number of hydrogen-bond acceptors (Lipinski definition) is 2. The third-order valence-electron chi connectivity index (χ3n) is 8.82. The first-order valence-corrected chi connectivity index (χ1v) is 19.5. The summed E-state index contributed by atoms with van der Waals surface area (Å²) in [5.74, 6) is 1.93. The fraction of sp³-hybridized carbons (Fsp3) is 0.571. The zero-order chi connectivity index (χ0) is 31.6. The van der Waals surface area contributed by atoms with Crippen LogP contribution in [-0.4, -0.2) is 18.5 Å². The van der Waals surface area contributed by atoms with Gasteiger partial charge in [0.1, 0.15) is 11.5 Å². The Hall–Kier alpha value is -2.26. The second-order valence-electron chi connectivity index (χ2n) is 12.7. The number of benzene rings is 3. The summed E-state index contributed by atoms with van der Waals surface area (Å²) in [4.78, 5) is 0. The van der Waals surface area contributed by atoms with Crippen LogP contribution in [0.3, 0.4) is 0 Å². The highest BCUT2D eigenvalue weighted by Crippen LogP contribution is 2.28. The first kappa shape index (κ1) is 37.2. The Morgan fingerprint density at radius 1 is 0.356 bits per heavy atom. The normalized spacial score (nSPS) is 11.2. The number of unbranched alkanes of at least 4 members (excludes halogenated alkanes) is 18. The molecule has 0 amide bonds. The molecule has 248 valence electrons. The lowest BCUT2D eigenvalue weighted by molar-refractivity contribution is 0.304. The van der Waals surface area contributed by atoms with E-state index in [9.17, 15) is 0 Å². The summed E-state index contributed by atoms with van der Waals surface area (Å²) < 4.78 is 12.0. The minimum atomic E-state index is 0.801. The lowest BCUT2D eigenvalue weighted by Crippen LogP contribution is -1.97. The largest absolute Gasteiger partial charge is 0.494 e. The van der Waals surface area contributed by atoms with Crippen LogP contribution in [0.5, 0.6) is 11.5 Å². The molecule has 0 bridgehead atoms. The molecule has 0 fully saturated rings. The molecule has 2 nitrogen and oxygen atoms in total. The number of alkyl halides is 1. The zero-order valence-corrected chi connectivity index (χ0v) is 30.0. The standard InChI is InChI=1S/C42H61BrO2/c1-2-3-4-5-6-7-8-9-10-11-12-14-17-20-35-44-41-30-26-39(27-31-41)37-22-24-38(25-23-37)40-28-32-42(33-29-40)45-36-21-18-15-13-16-19-34-43/h22-33H,2-21,34-36H2,1H3. The van der Waals surface area contributed by atoms with Gasteiger partial charge < -0.3 is 9.47 Å². The van der Waals surface area contributed by atoms with Gasteiger partial charge in [0.15, 0.2) is 0 Å². The highest BCUT2D eigenvalue weighted by molar-refractivity contribution is 9.09. The van der Waals surface area contributed by atoms with Crippen LogP contribution >= 0.6 is 15.9 Å². The molecule has 0 radical (unpaired) electrons. The average molecular weight is 678 g/mol. The summed E-state index contributed by atoms with van der Waals surface area (Å²) in [5, 5.41) is 1.12. The smallest absolute Gasteiger partial charge is 0.119 e. The van der Waals surface area contributed by atoms with Gasteiger partial charge >= 0.3 is 0 Å². The zero-order valence-electron chi connectivity index (χ0n) is 28.4. The van der Waals surface area contributed by atoms with Crippen molar-refractivity contribution in [3.63, 3.8) is 0 Å². The molecule has 0 atom stereocenters. The molecule has 0 aliphatic rings. The van der Waals surface area contributed by atoms with Crippen LogP contribution < -0.4 is 9.47 Å². The minimum Gasteiger partial charge on any atom is -0.494 e. The molecule has 0 aliphatic heterocycles. The molecule has 3 rings (SSSR count). The van der Waals surface area contributed by atoms with Crippen molar-refractivity contribution in [3.8, 4) is 33.8 Å². The molecule has 3 aromatic rings. The second kappa shape index (κ2) is 24.9. The van der Waals surface area contributed by atoms with Gasteiger partial charge in [0, 0.05) is 5.33 Å². The van der Waals surface area contributed by atoms with E-state index in [2.05, 4.69) is 95.7 Å². The highest BCUT2D eigenvalue weighted by atomic mass is 79.9. The van der Waals surface area contributed by atoms with Crippen molar-refractivity contribution < 1.29 is 9.47 Å². The van der Waals surface area contributed by atoms with Gasteiger partial charge in [-0.25, -0.2) is 0 Å². The van der Waals surface area contributed by atoms with Gasteiger partial charge in [-0.1, -0.05) is 181 Å². The lowest BCUT2D eigenvalue weighted by atomic mass is 10.0. The molecular weight excluding hydrogens is 616 g/mol. The number of ether oxygens (including phenoxy) is 2. The van der Waals surface area contributed by atoms with Crippen molar-refractivity contribution in [3.05, 3.63) is 72.8 Å². The summed E-state index contributed by atoms with van der Waals surface area (Å²) in [7, 11) is 0. The molecule has 3 aromatic carbocycles. The van der Waals surface area contributed by atoms with E-state index in [1.165, 1.54) is 138 Å². The van der Waals surface area contributed by atoms with Crippen molar-refractivity contribution in [1.82, 2.24) is 0 Å². The van der Waals surface area contributed by atoms with Crippen LogP contribution in [-0.2, 0) is 0 Å². The van der Waals surface area contributed by atoms with Crippen LogP contribution in [0.25, 0.3) is 22.3 Å². The van der Waals surface area contributed by atoms with Crippen molar-refractivity contribution in [2.24, 2.45) is 0 Å². The number of halogens is 1. The van der Waals surface area contributed by atoms with E-state index < -0.39 is 0 Å². The summed E-state index contributed by atoms with van der Waals surface area (Å²) >= 11 is 3.50. The van der Waals surface area contributed by atoms with Crippen LogP contribution in [0, 0.1) is 0 Å². The van der Waals surface area contributed by atoms with Crippen LogP contribution in [0.15, 0.2) is 72.8 Å². The van der Waals surface area contributed by atoms with Crippen molar-refractivity contribution in [1.29, 1.82) is 0 Å². The predicted molar refractivity (Wildman–Crippen MR) is 200 cm³/mol. The van der Waals surface area contributed by atoms with Gasteiger partial charge in [-0.3, -0.25) is 0 Å². The van der Waals surface area contributed by atoms with E-state index in [-0.39, 0.29) is 0 Å². The molecular formula is C42H61BrO2. The van der Waals surface area contributed by atoms with E-state index in [4.69, 9.17) is 9.47 Å². The molecule has 0 aromatic heterocycles. The van der Waals surface area contributed by atoms with Gasteiger partial charge in [0.2, 0.25) is 0 Å². The topological polar surface area (TPSA) is 18.5 Å². The Balaban J connectivity index is 1.24. The maximum absolute atomic E-state index is 6.03.